The minimum absolute atomic E-state index is 0.0995. The maximum absolute atomic E-state index is 12.6. The first kappa shape index (κ1) is 17.8. The van der Waals surface area contributed by atoms with E-state index < -0.39 is 0 Å². The normalized spacial score (nSPS) is 16.0. The van der Waals surface area contributed by atoms with Gasteiger partial charge in [0.1, 0.15) is 5.76 Å². The molecule has 8 heteroatoms. The zero-order valence-corrected chi connectivity index (χ0v) is 15.3. The van der Waals surface area contributed by atoms with Crippen LogP contribution in [-0.2, 0) is 16.1 Å². The van der Waals surface area contributed by atoms with Crippen LogP contribution in [0.5, 0.6) is 0 Å². The fourth-order valence-electron chi connectivity index (χ4n) is 2.74. The number of allylic oxidation sites excluding steroid dienone is 1. The maximum Gasteiger partial charge on any atom is 0.236 e. The molecule has 0 saturated carbocycles. The number of carbonyl (C=O) groups excluding carboxylic acids is 1. The van der Waals surface area contributed by atoms with Gasteiger partial charge in [0.15, 0.2) is 11.0 Å². The monoisotopic (exact) mass is 362 g/mol. The highest BCUT2D eigenvalue weighted by Gasteiger charge is 2.26. The van der Waals surface area contributed by atoms with Crippen LogP contribution in [0.25, 0.3) is 11.4 Å². The largest absolute Gasteiger partial charge is 0.469 e. The molecule has 25 heavy (non-hydrogen) atoms. The first-order valence-electron chi connectivity index (χ1n) is 8.23. The van der Waals surface area contributed by atoms with Crippen molar-refractivity contribution in [3.8, 4) is 11.4 Å². The molecule has 2 aromatic rings. The van der Waals surface area contributed by atoms with E-state index in [1.54, 1.807) is 12.3 Å². The molecule has 0 spiro atoms. The molecule has 0 radical (unpaired) electrons. The van der Waals surface area contributed by atoms with Crippen LogP contribution in [-0.4, -0.2) is 57.1 Å². The molecule has 1 amide bonds. The molecule has 3 heterocycles. The second-order valence-electron chi connectivity index (χ2n) is 5.79. The molecule has 1 unspecified atom stereocenters. The van der Waals surface area contributed by atoms with Crippen molar-refractivity contribution in [2.24, 2.45) is 0 Å². The fourth-order valence-corrected chi connectivity index (χ4v) is 3.68. The zero-order valence-electron chi connectivity index (χ0n) is 14.5. The van der Waals surface area contributed by atoms with Crippen LogP contribution in [0.2, 0.25) is 0 Å². The van der Waals surface area contributed by atoms with Gasteiger partial charge in [-0.25, -0.2) is 0 Å². The predicted octanol–water partition coefficient (Wildman–Crippen LogP) is 2.37. The summed E-state index contributed by atoms with van der Waals surface area (Å²) in [5, 5.41) is 9.05. The van der Waals surface area contributed by atoms with Crippen molar-refractivity contribution in [3.63, 3.8) is 0 Å². The van der Waals surface area contributed by atoms with Crippen LogP contribution in [0.4, 0.5) is 0 Å². The van der Waals surface area contributed by atoms with Crippen molar-refractivity contribution in [3.05, 3.63) is 30.7 Å². The molecule has 134 valence electrons. The minimum atomic E-state index is -0.246. The Morgan fingerprint density at radius 2 is 2.20 bits per heavy atom. The van der Waals surface area contributed by atoms with Crippen molar-refractivity contribution in [1.82, 2.24) is 19.7 Å². The highest BCUT2D eigenvalue weighted by Crippen LogP contribution is 2.29. The van der Waals surface area contributed by atoms with E-state index in [0.717, 1.165) is 17.1 Å². The molecular weight excluding hydrogens is 340 g/mol. The van der Waals surface area contributed by atoms with E-state index in [4.69, 9.17) is 9.15 Å². The van der Waals surface area contributed by atoms with Gasteiger partial charge in [-0.15, -0.1) is 16.8 Å². The minimum Gasteiger partial charge on any atom is -0.469 e. The summed E-state index contributed by atoms with van der Waals surface area (Å²) in [5.74, 6) is 1.61. The predicted molar refractivity (Wildman–Crippen MR) is 95.4 cm³/mol. The molecule has 1 fully saturated rings. The van der Waals surface area contributed by atoms with Crippen molar-refractivity contribution >= 4 is 17.7 Å². The number of thioether (sulfide) groups is 1. The van der Waals surface area contributed by atoms with Crippen LogP contribution < -0.4 is 0 Å². The lowest BCUT2D eigenvalue weighted by atomic mass is 10.2. The van der Waals surface area contributed by atoms with Gasteiger partial charge in [-0.05, 0) is 19.9 Å². The number of carbonyl (C=O) groups is 1. The van der Waals surface area contributed by atoms with E-state index in [-0.39, 0.29) is 11.2 Å². The summed E-state index contributed by atoms with van der Waals surface area (Å²) in [6.07, 6.45) is 3.43. The molecule has 1 aliphatic rings. The van der Waals surface area contributed by atoms with Crippen LogP contribution in [0.15, 0.2) is 34.6 Å². The fraction of sp³-hybridized carbons (Fsp3) is 0.471. The first-order chi connectivity index (χ1) is 12.1. The number of nitrogens with zero attached hydrogens (tertiary/aromatic N) is 4. The number of hydrogen-bond acceptors (Lipinski definition) is 6. The summed E-state index contributed by atoms with van der Waals surface area (Å²) in [7, 11) is 0. The number of aryl methyl sites for hydroxylation is 1. The highest BCUT2D eigenvalue weighted by molar-refractivity contribution is 8.00. The molecule has 0 N–H and O–H groups in total. The topological polar surface area (TPSA) is 73.4 Å². The van der Waals surface area contributed by atoms with E-state index in [2.05, 4.69) is 16.8 Å². The van der Waals surface area contributed by atoms with Crippen LogP contribution in [0, 0.1) is 6.92 Å². The van der Waals surface area contributed by atoms with Gasteiger partial charge in [-0.1, -0.05) is 17.8 Å². The van der Waals surface area contributed by atoms with Gasteiger partial charge in [0.25, 0.3) is 0 Å². The Kier molecular flexibility index (Phi) is 5.60. The van der Waals surface area contributed by atoms with Crippen LogP contribution >= 0.6 is 11.8 Å². The number of hydrogen-bond donors (Lipinski definition) is 0. The molecule has 1 saturated heterocycles. The Morgan fingerprint density at radius 3 is 2.84 bits per heavy atom. The number of rotatable bonds is 6. The molecule has 2 aromatic heterocycles. The molecule has 0 aromatic carbocycles. The highest BCUT2D eigenvalue weighted by atomic mass is 32.2. The molecule has 1 atom stereocenters. The Balaban J connectivity index is 1.80. The Labute approximate surface area is 151 Å². The van der Waals surface area contributed by atoms with E-state index in [1.165, 1.54) is 11.8 Å². The third kappa shape index (κ3) is 3.80. The molecule has 1 aliphatic heterocycles. The summed E-state index contributed by atoms with van der Waals surface area (Å²) < 4.78 is 12.6. The molecule has 0 bridgehead atoms. The van der Waals surface area contributed by atoms with Gasteiger partial charge >= 0.3 is 0 Å². The second-order valence-corrected chi connectivity index (χ2v) is 7.10. The van der Waals surface area contributed by atoms with Crippen molar-refractivity contribution in [2.75, 3.05) is 26.3 Å². The molecule has 3 rings (SSSR count). The van der Waals surface area contributed by atoms with E-state index >= 15 is 0 Å². The Bertz CT molecular complexity index is 749. The second kappa shape index (κ2) is 7.88. The van der Waals surface area contributed by atoms with Gasteiger partial charge in [0.05, 0.1) is 30.3 Å². The number of morpholine rings is 1. The third-order valence-electron chi connectivity index (χ3n) is 4.08. The lowest BCUT2D eigenvalue weighted by Gasteiger charge is -2.28. The van der Waals surface area contributed by atoms with Gasteiger partial charge < -0.3 is 14.1 Å². The maximum atomic E-state index is 12.6. The first-order valence-corrected chi connectivity index (χ1v) is 9.11. The smallest absolute Gasteiger partial charge is 0.236 e. The lowest BCUT2D eigenvalue weighted by molar-refractivity contribution is -0.134. The Morgan fingerprint density at radius 1 is 1.44 bits per heavy atom. The van der Waals surface area contributed by atoms with Gasteiger partial charge in [0, 0.05) is 19.6 Å². The molecular formula is C17H22N4O3S. The average molecular weight is 362 g/mol. The number of furan rings is 1. The van der Waals surface area contributed by atoms with Crippen LogP contribution in [0.3, 0.4) is 0 Å². The van der Waals surface area contributed by atoms with Gasteiger partial charge in [-0.3, -0.25) is 9.36 Å². The zero-order chi connectivity index (χ0) is 17.8. The van der Waals surface area contributed by atoms with E-state index in [0.29, 0.717) is 38.0 Å². The summed E-state index contributed by atoms with van der Waals surface area (Å²) in [6.45, 7) is 10.6. The average Bonchev–Trinajstić information content (AvgIpc) is 3.21. The van der Waals surface area contributed by atoms with Crippen molar-refractivity contribution in [2.45, 2.75) is 30.8 Å². The number of amides is 1. The van der Waals surface area contributed by atoms with E-state index in [1.807, 2.05) is 29.4 Å². The van der Waals surface area contributed by atoms with Gasteiger partial charge in [0.2, 0.25) is 5.91 Å². The van der Waals surface area contributed by atoms with Gasteiger partial charge in [-0.2, -0.15) is 0 Å². The molecule has 0 aliphatic carbocycles. The summed E-state index contributed by atoms with van der Waals surface area (Å²) >= 11 is 1.41. The standard InChI is InChI=1S/C17H22N4O3S/c1-4-6-21-15(14-5-9-24-12(14)2)18-19-17(21)25-13(3)16(22)20-7-10-23-11-8-20/h4-5,9,13H,1,6-8,10-11H2,2-3H3. The summed E-state index contributed by atoms with van der Waals surface area (Å²) in [6, 6.07) is 1.87. The van der Waals surface area contributed by atoms with Crippen molar-refractivity contribution in [1.29, 1.82) is 0 Å². The third-order valence-corrected chi connectivity index (χ3v) is 5.15. The van der Waals surface area contributed by atoms with E-state index in [9.17, 15) is 4.79 Å². The van der Waals surface area contributed by atoms with Crippen LogP contribution in [0.1, 0.15) is 12.7 Å². The van der Waals surface area contributed by atoms with Crippen molar-refractivity contribution < 1.29 is 13.9 Å². The quantitative estimate of drug-likeness (QED) is 0.580. The number of ether oxygens (including phenoxy) is 1. The summed E-state index contributed by atoms with van der Waals surface area (Å²) in [4.78, 5) is 14.5. The summed E-state index contributed by atoms with van der Waals surface area (Å²) in [5.41, 5.74) is 0.897. The Hall–Kier alpha value is -2.06. The lowest BCUT2D eigenvalue weighted by Crippen LogP contribution is -2.44. The SMILES string of the molecule is C=CCn1c(SC(C)C(=O)N2CCOCC2)nnc1-c1ccoc1C. The molecule has 7 nitrogen and oxygen atoms in total. The number of aromatic nitrogens is 3.